The Kier molecular flexibility index (Phi) is 6.76. The summed E-state index contributed by atoms with van der Waals surface area (Å²) in [6, 6.07) is 10.0. The van der Waals surface area contributed by atoms with Crippen molar-refractivity contribution in [3.8, 4) is 6.07 Å². The van der Waals surface area contributed by atoms with Gasteiger partial charge in [0.2, 0.25) is 0 Å². The number of hydrogen-bond acceptors (Lipinski definition) is 2. The first-order valence-corrected chi connectivity index (χ1v) is 8.45. The molecule has 21 heavy (non-hydrogen) atoms. The summed E-state index contributed by atoms with van der Waals surface area (Å²) in [6.07, 6.45) is 10.8. The standard InChI is InChI=1S/C19H27NO/c1-2-3-4-5-6-7-17-10-13-19(21-15-17)18-11-8-16(14-20)9-12-18/h8-9,11-12,17,19H,2-7,10,13,15H2,1H3. The Labute approximate surface area is 129 Å². The molecule has 114 valence electrons. The van der Waals surface area contributed by atoms with Crippen LogP contribution in [0.4, 0.5) is 0 Å². The Morgan fingerprint density at radius 3 is 2.48 bits per heavy atom. The highest BCUT2D eigenvalue weighted by molar-refractivity contribution is 5.32. The van der Waals surface area contributed by atoms with E-state index in [1.807, 2.05) is 24.3 Å². The molecule has 2 rings (SSSR count). The van der Waals surface area contributed by atoms with E-state index in [1.165, 1.54) is 50.5 Å². The summed E-state index contributed by atoms with van der Waals surface area (Å²) in [5.41, 5.74) is 1.94. The molecule has 2 nitrogen and oxygen atoms in total. The van der Waals surface area contributed by atoms with Crippen molar-refractivity contribution < 1.29 is 4.74 Å². The molecule has 1 fully saturated rings. The first-order valence-electron chi connectivity index (χ1n) is 8.45. The maximum atomic E-state index is 8.83. The number of nitrogens with zero attached hydrogens (tertiary/aromatic N) is 1. The van der Waals surface area contributed by atoms with Gasteiger partial charge >= 0.3 is 0 Å². The molecule has 0 aliphatic carbocycles. The van der Waals surface area contributed by atoms with Gasteiger partial charge in [0, 0.05) is 0 Å². The van der Waals surface area contributed by atoms with E-state index in [2.05, 4.69) is 13.0 Å². The Morgan fingerprint density at radius 2 is 1.86 bits per heavy atom. The lowest BCUT2D eigenvalue weighted by atomic mass is 9.90. The monoisotopic (exact) mass is 285 g/mol. The summed E-state index contributed by atoms with van der Waals surface area (Å²) >= 11 is 0. The Balaban J connectivity index is 1.69. The van der Waals surface area contributed by atoms with Gasteiger partial charge in [0.15, 0.2) is 0 Å². The SMILES string of the molecule is CCCCCCCC1CCC(c2ccc(C#N)cc2)OC1. The molecule has 1 aliphatic heterocycles. The summed E-state index contributed by atoms with van der Waals surface area (Å²) in [7, 11) is 0. The third kappa shape index (κ3) is 5.17. The molecule has 1 saturated heterocycles. The molecule has 2 atom stereocenters. The molecule has 0 N–H and O–H groups in total. The van der Waals surface area contributed by atoms with E-state index < -0.39 is 0 Å². The van der Waals surface area contributed by atoms with Crippen LogP contribution in [-0.2, 0) is 4.74 Å². The zero-order valence-corrected chi connectivity index (χ0v) is 13.2. The van der Waals surface area contributed by atoms with Gasteiger partial charge in [0.1, 0.15) is 0 Å². The van der Waals surface area contributed by atoms with Crippen LogP contribution in [0, 0.1) is 17.2 Å². The van der Waals surface area contributed by atoms with Crippen LogP contribution >= 0.6 is 0 Å². The third-order valence-electron chi connectivity index (χ3n) is 4.50. The van der Waals surface area contributed by atoms with Gasteiger partial charge in [-0.1, -0.05) is 51.2 Å². The number of hydrogen-bond donors (Lipinski definition) is 0. The second kappa shape index (κ2) is 8.85. The highest BCUT2D eigenvalue weighted by Gasteiger charge is 2.22. The highest BCUT2D eigenvalue weighted by Crippen LogP contribution is 2.32. The van der Waals surface area contributed by atoms with Crippen LogP contribution in [0.2, 0.25) is 0 Å². The van der Waals surface area contributed by atoms with Gasteiger partial charge in [-0.05, 0) is 42.9 Å². The van der Waals surface area contributed by atoms with Crippen LogP contribution in [-0.4, -0.2) is 6.61 Å². The maximum absolute atomic E-state index is 8.83. The lowest BCUT2D eigenvalue weighted by Gasteiger charge is -2.29. The fourth-order valence-corrected chi connectivity index (χ4v) is 3.11. The molecule has 1 aliphatic rings. The number of benzene rings is 1. The fourth-order valence-electron chi connectivity index (χ4n) is 3.11. The molecular weight excluding hydrogens is 258 g/mol. The molecule has 1 heterocycles. The highest BCUT2D eigenvalue weighted by atomic mass is 16.5. The van der Waals surface area contributed by atoms with Crippen molar-refractivity contribution in [3.05, 3.63) is 35.4 Å². The number of unbranched alkanes of at least 4 members (excludes halogenated alkanes) is 4. The molecule has 1 aromatic rings. The largest absolute Gasteiger partial charge is 0.373 e. The summed E-state index contributed by atoms with van der Waals surface area (Å²) in [4.78, 5) is 0. The summed E-state index contributed by atoms with van der Waals surface area (Å²) in [5.74, 6) is 0.751. The molecule has 0 spiro atoms. The molecule has 0 bridgehead atoms. The van der Waals surface area contributed by atoms with Crippen molar-refractivity contribution >= 4 is 0 Å². The van der Waals surface area contributed by atoms with E-state index in [0.717, 1.165) is 24.5 Å². The zero-order valence-electron chi connectivity index (χ0n) is 13.2. The molecule has 0 saturated carbocycles. The van der Waals surface area contributed by atoms with E-state index in [-0.39, 0.29) is 6.10 Å². The molecular formula is C19H27NO. The van der Waals surface area contributed by atoms with Gasteiger partial charge in [-0.25, -0.2) is 0 Å². The average Bonchev–Trinajstić information content (AvgIpc) is 2.55. The van der Waals surface area contributed by atoms with E-state index in [9.17, 15) is 0 Å². The summed E-state index contributed by atoms with van der Waals surface area (Å²) in [6.45, 7) is 3.16. The quantitative estimate of drug-likeness (QED) is 0.629. The van der Waals surface area contributed by atoms with Crippen LogP contribution in [0.25, 0.3) is 0 Å². The molecule has 0 radical (unpaired) electrons. The average molecular weight is 285 g/mol. The lowest BCUT2D eigenvalue weighted by Crippen LogP contribution is -2.20. The second-order valence-electron chi connectivity index (χ2n) is 6.20. The Morgan fingerprint density at radius 1 is 1.10 bits per heavy atom. The molecule has 2 heteroatoms. The van der Waals surface area contributed by atoms with Crippen molar-refractivity contribution in [1.29, 1.82) is 5.26 Å². The van der Waals surface area contributed by atoms with Crippen LogP contribution < -0.4 is 0 Å². The third-order valence-corrected chi connectivity index (χ3v) is 4.50. The molecule has 1 aromatic carbocycles. The maximum Gasteiger partial charge on any atom is 0.0991 e. The minimum atomic E-state index is 0.231. The molecule has 0 aromatic heterocycles. The predicted octanol–water partition coefficient (Wildman–Crippen LogP) is 5.39. The zero-order chi connectivity index (χ0) is 14.9. The van der Waals surface area contributed by atoms with Gasteiger partial charge in [-0.3, -0.25) is 0 Å². The van der Waals surface area contributed by atoms with Crippen molar-refractivity contribution in [2.45, 2.75) is 64.4 Å². The van der Waals surface area contributed by atoms with Gasteiger partial charge in [0.25, 0.3) is 0 Å². The van der Waals surface area contributed by atoms with Crippen molar-refractivity contribution in [1.82, 2.24) is 0 Å². The first kappa shape index (κ1) is 16.0. The first-order chi connectivity index (χ1) is 10.3. The number of rotatable bonds is 7. The number of ether oxygens (including phenoxy) is 1. The van der Waals surface area contributed by atoms with Crippen molar-refractivity contribution in [3.63, 3.8) is 0 Å². The normalized spacial score (nSPS) is 21.9. The van der Waals surface area contributed by atoms with Crippen molar-refractivity contribution in [2.24, 2.45) is 5.92 Å². The minimum absolute atomic E-state index is 0.231. The smallest absolute Gasteiger partial charge is 0.0991 e. The lowest BCUT2D eigenvalue weighted by molar-refractivity contribution is -0.0199. The Bertz CT molecular complexity index is 438. The predicted molar refractivity (Wildman–Crippen MR) is 86.0 cm³/mol. The van der Waals surface area contributed by atoms with Crippen LogP contribution in [0.5, 0.6) is 0 Å². The summed E-state index contributed by atoms with van der Waals surface area (Å²) in [5, 5.41) is 8.83. The minimum Gasteiger partial charge on any atom is -0.373 e. The van der Waals surface area contributed by atoms with E-state index in [1.54, 1.807) is 0 Å². The van der Waals surface area contributed by atoms with Gasteiger partial charge in [0.05, 0.1) is 24.3 Å². The van der Waals surface area contributed by atoms with E-state index in [4.69, 9.17) is 10.00 Å². The fraction of sp³-hybridized carbons (Fsp3) is 0.632. The van der Waals surface area contributed by atoms with Gasteiger partial charge in [-0.15, -0.1) is 0 Å². The number of nitriles is 1. The summed E-state index contributed by atoms with van der Waals surface area (Å²) < 4.78 is 6.05. The van der Waals surface area contributed by atoms with Crippen LogP contribution in [0.15, 0.2) is 24.3 Å². The van der Waals surface area contributed by atoms with Gasteiger partial charge in [-0.2, -0.15) is 5.26 Å². The molecule has 0 amide bonds. The van der Waals surface area contributed by atoms with Crippen LogP contribution in [0.3, 0.4) is 0 Å². The van der Waals surface area contributed by atoms with Crippen molar-refractivity contribution in [2.75, 3.05) is 6.61 Å². The van der Waals surface area contributed by atoms with Crippen LogP contribution in [0.1, 0.15) is 75.5 Å². The second-order valence-corrected chi connectivity index (χ2v) is 6.20. The Hall–Kier alpha value is -1.33. The van der Waals surface area contributed by atoms with E-state index >= 15 is 0 Å². The van der Waals surface area contributed by atoms with E-state index in [0.29, 0.717) is 0 Å². The van der Waals surface area contributed by atoms with Gasteiger partial charge < -0.3 is 4.74 Å². The topological polar surface area (TPSA) is 33.0 Å². The molecule has 2 unspecified atom stereocenters.